The van der Waals surface area contributed by atoms with Crippen LogP contribution in [-0.4, -0.2) is 19.0 Å². The van der Waals surface area contributed by atoms with Gasteiger partial charge in [-0.2, -0.15) is 0 Å². The second-order valence-electron chi connectivity index (χ2n) is 6.95. The van der Waals surface area contributed by atoms with Crippen LogP contribution in [0.3, 0.4) is 0 Å². The first-order valence-electron chi connectivity index (χ1n) is 9.76. The minimum Gasteiger partial charge on any atom is -0.465 e. The number of carbonyl (C=O) groups excluding carboxylic acids is 2. The highest BCUT2D eigenvalue weighted by molar-refractivity contribution is 5.94. The third kappa shape index (κ3) is 5.78. The van der Waals surface area contributed by atoms with Crippen LogP contribution < -0.4 is 5.32 Å². The van der Waals surface area contributed by atoms with Gasteiger partial charge in [0.05, 0.1) is 25.4 Å². The molecule has 0 radical (unpaired) electrons. The predicted octanol–water partition coefficient (Wildman–Crippen LogP) is 4.93. The van der Waals surface area contributed by atoms with E-state index in [1.54, 1.807) is 12.1 Å². The van der Waals surface area contributed by atoms with E-state index >= 15 is 0 Å². The Morgan fingerprint density at radius 2 is 1.53 bits per heavy atom. The van der Waals surface area contributed by atoms with E-state index in [9.17, 15) is 9.59 Å². The van der Waals surface area contributed by atoms with Gasteiger partial charge in [-0.25, -0.2) is 4.79 Å². The third-order valence-electron chi connectivity index (χ3n) is 4.69. The Bertz CT molecular complexity index is 987. The minimum absolute atomic E-state index is 0.222. The molecule has 3 aromatic carbocycles. The summed E-state index contributed by atoms with van der Waals surface area (Å²) in [6.45, 7) is 1.86. The number of benzene rings is 3. The normalized spacial score (nSPS) is 11.5. The van der Waals surface area contributed by atoms with Crippen molar-refractivity contribution in [2.45, 2.75) is 26.1 Å². The highest BCUT2D eigenvalue weighted by atomic mass is 16.5. The molecule has 3 aromatic rings. The molecule has 1 N–H and O–H groups in total. The topological polar surface area (TPSA) is 64.6 Å². The lowest BCUT2D eigenvalue weighted by Crippen LogP contribution is -2.15. The van der Waals surface area contributed by atoms with Crippen molar-refractivity contribution in [1.29, 1.82) is 0 Å². The predicted molar refractivity (Wildman–Crippen MR) is 116 cm³/mol. The van der Waals surface area contributed by atoms with Gasteiger partial charge in [0.1, 0.15) is 0 Å². The zero-order valence-electron chi connectivity index (χ0n) is 17.1. The Balaban J connectivity index is 1.95. The Morgan fingerprint density at radius 3 is 2.13 bits per heavy atom. The second kappa shape index (κ2) is 10.4. The fourth-order valence-corrected chi connectivity index (χ4v) is 3.24. The SMILES string of the molecule is COC(=O)c1ccc(C(Cc2ccccc2)OCc2ccccc2)c(NC(C)=O)c1. The smallest absolute Gasteiger partial charge is 0.337 e. The monoisotopic (exact) mass is 403 g/mol. The van der Waals surface area contributed by atoms with Gasteiger partial charge in [0.25, 0.3) is 0 Å². The molecule has 0 aliphatic heterocycles. The van der Waals surface area contributed by atoms with E-state index in [4.69, 9.17) is 9.47 Å². The molecule has 0 aromatic heterocycles. The molecule has 0 heterocycles. The van der Waals surface area contributed by atoms with Gasteiger partial charge in [-0.05, 0) is 23.3 Å². The van der Waals surface area contributed by atoms with E-state index in [0.29, 0.717) is 24.3 Å². The van der Waals surface area contributed by atoms with Gasteiger partial charge in [-0.15, -0.1) is 0 Å². The average molecular weight is 403 g/mol. The van der Waals surface area contributed by atoms with Crippen LogP contribution in [0.5, 0.6) is 0 Å². The number of carbonyl (C=O) groups is 2. The van der Waals surface area contributed by atoms with E-state index in [1.165, 1.54) is 14.0 Å². The second-order valence-corrected chi connectivity index (χ2v) is 6.95. The number of methoxy groups -OCH3 is 1. The number of amides is 1. The van der Waals surface area contributed by atoms with Crippen LogP contribution >= 0.6 is 0 Å². The van der Waals surface area contributed by atoms with Gasteiger partial charge in [0.2, 0.25) is 5.91 Å². The number of nitrogens with one attached hydrogen (secondary N) is 1. The maximum absolute atomic E-state index is 12.0. The lowest BCUT2D eigenvalue weighted by atomic mass is 9.98. The first-order chi connectivity index (χ1) is 14.6. The standard InChI is InChI=1S/C25H25NO4/c1-18(27)26-23-16-21(25(28)29-2)13-14-22(23)24(15-19-9-5-3-6-10-19)30-17-20-11-7-4-8-12-20/h3-14,16,24H,15,17H2,1-2H3,(H,26,27). The van der Waals surface area contributed by atoms with Crippen molar-refractivity contribution in [2.24, 2.45) is 0 Å². The van der Waals surface area contributed by atoms with E-state index in [2.05, 4.69) is 5.32 Å². The van der Waals surface area contributed by atoms with Crippen LogP contribution in [0.25, 0.3) is 0 Å². The molecule has 0 aliphatic rings. The number of hydrogen-bond donors (Lipinski definition) is 1. The van der Waals surface area contributed by atoms with Crippen LogP contribution in [0, 0.1) is 0 Å². The van der Waals surface area contributed by atoms with Crippen LogP contribution in [0.4, 0.5) is 5.69 Å². The van der Waals surface area contributed by atoms with Crippen LogP contribution in [0.2, 0.25) is 0 Å². The molecule has 0 aliphatic carbocycles. The van der Waals surface area contributed by atoms with Crippen LogP contribution in [0.1, 0.15) is 40.1 Å². The molecule has 0 saturated heterocycles. The third-order valence-corrected chi connectivity index (χ3v) is 4.69. The number of anilines is 1. The van der Waals surface area contributed by atoms with Gasteiger partial charge in [-0.1, -0.05) is 66.7 Å². The van der Waals surface area contributed by atoms with Crippen molar-refractivity contribution in [2.75, 3.05) is 12.4 Å². The summed E-state index contributed by atoms with van der Waals surface area (Å²) in [6.07, 6.45) is 0.304. The van der Waals surface area contributed by atoms with Gasteiger partial charge in [-0.3, -0.25) is 4.79 Å². The summed E-state index contributed by atoms with van der Waals surface area (Å²) in [5.41, 5.74) is 3.88. The van der Waals surface area contributed by atoms with Crippen LogP contribution in [-0.2, 0) is 27.3 Å². The molecular formula is C25H25NO4. The van der Waals surface area contributed by atoms with Crippen molar-refractivity contribution in [3.05, 3.63) is 101 Å². The largest absolute Gasteiger partial charge is 0.465 e. The Hall–Kier alpha value is -3.44. The summed E-state index contributed by atoms with van der Waals surface area (Å²) < 4.78 is 11.1. The average Bonchev–Trinajstić information content (AvgIpc) is 2.77. The summed E-state index contributed by atoms with van der Waals surface area (Å²) in [6, 6.07) is 25.1. The molecule has 30 heavy (non-hydrogen) atoms. The van der Waals surface area contributed by atoms with Crippen molar-refractivity contribution >= 4 is 17.6 Å². The maximum Gasteiger partial charge on any atom is 0.337 e. The summed E-state index contributed by atoms with van der Waals surface area (Å²) in [5.74, 6) is -0.683. The molecule has 1 amide bonds. The van der Waals surface area contributed by atoms with Gasteiger partial charge < -0.3 is 14.8 Å². The van der Waals surface area contributed by atoms with Crippen molar-refractivity contribution in [3.8, 4) is 0 Å². The van der Waals surface area contributed by atoms with Crippen molar-refractivity contribution < 1.29 is 19.1 Å². The molecule has 1 atom stereocenters. The zero-order chi connectivity index (χ0) is 21.3. The molecule has 0 spiro atoms. The highest BCUT2D eigenvalue weighted by Crippen LogP contribution is 2.31. The molecule has 5 nitrogen and oxygen atoms in total. The number of rotatable bonds is 8. The Kier molecular flexibility index (Phi) is 7.35. The van der Waals surface area contributed by atoms with Gasteiger partial charge in [0, 0.05) is 24.6 Å². The molecule has 0 bridgehead atoms. The molecule has 0 saturated carbocycles. The van der Waals surface area contributed by atoms with Crippen molar-refractivity contribution in [1.82, 2.24) is 0 Å². The van der Waals surface area contributed by atoms with E-state index in [1.807, 2.05) is 66.7 Å². The quantitative estimate of drug-likeness (QED) is 0.542. The summed E-state index contributed by atoms with van der Waals surface area (Å²) >= 11 is 0. The Labute approximate surface area is 176 Å². The summed E-state index contributed by atoms with van der Waals surface area (Å²) in [7, 11) is 1.33. The fraction of sp³-hybridized carbons (Fsp3) is 0.200. The summed E-state index contributed by atoms with van der Waals surface area (Å²) in [5, 5.41) is 2.83. The zero-order valence-corrected chi connectivity index (χ0v) is 17.1. The van der Waals surface area contributed by atoms with Crippen molar-refractivity contribution in [3.63, 3.8) is 0 Å². The minimum atomic E-state index is -0.460. The number of ether oxygens (including phenoxy) is 2. The summed E-state index contributed by atoms with van der Waals surface area (Å²) in [4.78, 5) is 23.8. The van der Waals surface area contributed by atoms with E-state index in [-0.39, 0.29) is 12.0 Å². The lowest BCUT2D eigenvalue weighted by Gasteiger charge is -2.22. The van der Waals surface area contributed by atoms with Crippen LogP contribution in [0.15, 0.2) is 78.9 Å². The van der Waals surface area contributed by atoms with E-state index < -0.39 is 5.97 Å². The van der Waals surface area contributed by atoms with Gasteiger partial charge in [0.15, 0.2) is 0 Å². The molecule has 1 unspecified atom stereocenters. The lowest BCUT2D eigenvalue weighted by molar-refractivity contribution is -0.114. The molecule has 3 rings (SSSR count). The first-order valence-corrected chi connectivity index (χ1v) is 9.76. The Morgan fingerprint density at radius 1 is 0.900 bits per heavy atom. The fourth-order valence-electron chi connectivity index (χ4n) is 3.24. The van der Waals surface area contributed by atoms with Gasteiger partial charge >= 0.3 is 5.97 Å². The molecule has 154 valence electrons. The molecular weight excluding hydrogens is 378 g/mol. The van der Waals surface area contributed by atoms with E-state index in [0.717, 1.165) is 16.7 Å². The molecule has 0 fully saturated rings. The molecule has 5 heteroatoms. The highest BCUT2D eigenvalue weighted by Gasteiger charge is 2.20. The number of esters is 1. The number of hydrogen-bond acceptors (Lipinski definition) is 4. The maximum atomic E-state index is 12.0. The first kappa shape index (κ1) is 21.3.